The highest BCUT2D eigenvalue weighted by Gasteiger charge is 2.12. The van der Waals surface area contributed by atoms with E-state index in [0.29, 0.717) is 17.2 Å². The van der Waals surface area contributed by atoms with E-state index in [-0.39, 0.29) is 18.3 Å². The fourth-order valence-electron chi connectivity index (χ4n) is 1.56. The number of amides is 1. The summed E-state index contributed by atoms with van der Waals surface area (Å²) in [5.41, 5.74) is 0.861. The zero-order valence-electron chi connectivity index (χ0n) is 10.8. The van der Waals surface area contributed by atoms with Crippen molar-refractivity contribution in [3.63, 3.8) is 0 Å². The molecule has 1 heterocycles. The molecule has 3 nitrogen and oxygen atoms in total. The minimum atomic E-state index is -0.316. The Kier molecular flexibility index (Phi) is 4.27. The van der Waals surface area contributed by atoms with E-state index in [4.69, 9.17) is 0 Å². The van der Waals surface area contributed by atoms with Gasteiger partial charge in [0.1, 0.15) is 11.5 Å². The zero-order valence-corrected chi connectivity index (χ0v) is 11.6. The van der Waals surface area contributed by atoms with Crippen LogP contribution in [0.15, 0.2) is 29.6 Å². The summed E-state index contributed by atoms with van der Waals surface area (Å²) in [6.07, 6.45) is 0. The first-order valence-electron chi connectivity index (χ1n) is 6.05. The highest BCUT2D eigenvalue weighted by Crippen LogP contribution is 2.19. The molecule has 100 valence electrons. The van der Waals surface area contributed by atoms with Crippen LogP contribution in [0, 0.1) is 5.82 Å². The van der Waals surface area contributed by atoms with Gasteiger partial charge in [-0.1, -0.05) is 32.0 Å². The molecule has 1 aromatic heterocycles. The number of carbonyl (C=O) groups excluding carboxylic acids is 1. The first kappa shape index (κ1) is 13.7. The lowest BCUT2D eigenvalue weighted by atomic mass is 10.2. The Balaban J connectivity index is 1.99. The Labute approximate surface area is 115 Å². The second kappa shape index (κ2) is 5.93. The summed E-state index contributed by atoms with van der Waals surface area (Å²) in [6.45, 7) is 4.22. The molecule has 0 atom stereocenters. The van der Waals surface area contributed by atoms with Crippen molar-refractivity contribution in [2.24, 2.45) is 0 Å². The molecule has 0 aliphatic rings. The summed E-state index contributed by atoms with van der Waals surface area (Å²) in [7, 11) is 0. The van der Waals surface area contributed by atoms with Gasteiger partial charge in [0.2, 0.25) is 0 Å². The Morgan fingerprint density at radius 3 is 2.79 bits per heavy atom. The van der Waals surface area contributed by atoms with Gasteiger partial charge >= 0.3 is 0 Å². The molecule has 1 amide bonds. The molecule has 0 bridgehead atoms. The average Bonchev–Trinajstić information content (AvgIpc) is 2.87. The highest BCUT2D eigenvalue weighted by atomic mass is 32.1. The van der Waals surface area contributed by atoms with Crippen molar-refractivity contribution < 1.29 is 9.18 Å². The Bertz CT molecular complexity index is 580. The number of nitrogens with one attached hydrogen (secondary N) is 1. The van der Waals surface area contributed by atoms with E-state index < -0.39 is 0 Å². The third kappa shape index (κ3) is 3.38. The minimum absolute atomic E-state index is 0.167. The predicted molar refractivity (Wildman–Crippen MR) is 73.8 cm³/mol. The summed E-state index contributed by atoms with van der Waals surface area (Å²) in [6, 6.07) is 6.39. The van der Waals surface area contributed by atoms with Gasteiger partial charge in [0.05, 0.1) is 5.01 Å². The number of halogens is 1. The maximum atomic E-state index is 13.4. The number of hydrogen-bond donors (Lipinski definition) is 1. The van der Waals surface area contributed by atoms with Crippen molar-refractivity contribution in [1.82, 2.24) is 10.3 Å². The van der Waals surface area contributed by atoms with Crippen LogP contribution in [0.2, 0.25) is 0 Å². The van der Waals surface area contributed by atoms with Gasteiger partial charge in [-0.25, -0.2) is 9.37 Å². The molecular weight excluding hydrogens is 263 g/mol. The number of benzene rings is 1. The van der Waals surface area contributed by atoms with E-state index in [9.17, 15) is 9.18 Å². The summed E-state index contributed by atoms with van der Waals surface area (Å²) >= 11 is 1.46. The second-order valence-electron chi connectivity index (χ2n) is 4.50. The number of aromatic nitrogens is 1. The lowest BCUT2D eigenvalue weighted by molar-refractivity contribution is 0.0946. The van der Waals surface area contributed by atoms with E-state index in [1.54, 1.807) is 23.6 Å². The van der Waals surface area contributed by atoms with Crippen molar-refractivity contribution in [2.45, 2.75) is 26.3 Å². The molecule has 0 saturated carbocycles. The van der Waals surface area contributed by atoms with E-state index >= 15 is 0 Å². The number of thiazole rings is 1. The summed E-state index contributed by atoms with van der Waals surface area (Å²) in [4.78, 5) is 16.1. The summed E-state index contributed by atoms with van der Waals surface area (Å²) < 4.78 is 13.4. The molecule has 0 aliphatic carbocycles. The van der Waals surface area contributed by atoms with Crippen LogP contribution in [0.4, 0.5) is 4.39 Å². The molecule has 1 N–H and O–H groups in total. The summed E-state index contributed by atoms with van der Waals surface area (Å²) in [5.74, 6) is -0.284. The van der Waals surface area contributed by atoms with Crippen molar-refractivity contribution >= 4 is 17.2 Å². The lowest BCUT2D eigenvalue weighted by Crippen LogP contribution is -2.23. The normalized spacial score (nSPS) is 10.7. The second-order valence-corrected chi connectivity index (χ2v) is 5.39. The number of carbonyl (C=O) groups is 1. The largest absolute Gasteiger partial charge is 0.346 e. The van der Waals surface area contributed by atoms with E-state index in [1.165, 1.54) is 17.4 Å². The first-order valence-corrected chi connectivity index (χ1v) is 6.93. The van der Waals surface area contributed by atoms with Gasteiger partial charge in [-0.05, 0) is 6.07 Å². The smallest absolute Gasteiger partial charge is 0.271 e. The van der Waals surface area contributed by atoms with Crippen LogP contribution in [-0.2, 0) is 6.54 Å². The maximum absolute atomic E-state index is 13.4. The average molecular weight is 278 g/mol. The van der Waals surface area contributed by atoms with Gasteiger partial charge in [0, 0.05) is 23.4 Å². The van der Waals surface area contributed by atoms with Crippen molar-refractivity contribution in [1.29, 1.82) is 0 Å². The number of hydrogen-bond acceptors (Lipinski definition) is 3. The molecule has 0 aliphatic heterocycles. The van der Waals surface area contributed by atoms with Crippen LogP contribution < -0.4 is 5.32 Å². The lowest BCUT2D eigenvalue weighted by Gasteiger charge is -2.04. The molecule has 0 fully saturated rings. The zero-order chi connectivity index (χ0) is 13.8. The van der Waals surface area contributed by atoms with Crippen LogP contribution >= 0.6 is 11.3 Å². The van der Waals surface area contributed by atoms with Crippen molar-refractivity contribution in [2.75, 3.05) is 0 Å². The summed E-state index contributed by atoms with van der Waals surface area (Å²) in [5, 5.41) is 5.33. The Morgan fingerprint density at radius 2 is 2.16 bits per heavy atom. The molecule has 19 heavy (non-hydrogen) atoms. The fraction of sp³-hybridized carbons (Fsp3) is 0.286. The van der Waals surface area contributed by atoms with Crippen LogP contribution in [-0.4, -0.2) is 10.9 Å². The molecule has 5 heteroatoms. The highest BCUT2D eigenvalue weighted by molar-refractivity contribution is 7.09. The molecule has 0 unspecified atom stereocenters. The molecule has 0 radical (unpaired) electrons. The molecular formula is C14H15FN2OS. The monoisotopic (exact) mass is 278 g/mol. The minimum Gasteiger partial charge on any atom is -0.346 e. The van der Waals surface area contributed by atoms with E-state index in [1.807, 2.05) is 13.8 Å². The van der Waals surface area contributed by atoms with Gasteiger partial charge in [-0.3, -0.25) is 4.79 Å². The van der Waals surface area contributed by atoms with Crippen LogP contribution in [0.1, 0.15) is 40.8 Å². The SMILES string of the molecule is CC(C)c1nc(C(=O)NCc2ccccc2F)cs1. The molecule has 0 saturated heterocycles. The third-order valence-corrected chi connectivity index (χ3v) is 3.79. The molecule has 2 rings (SSSR count). The van der Waals surface area contributed by atoms with Crippen LogP contribution in [0.3, 0.4) is 0 Å². The van der Waals surface area contributed by atoms with Gasteiger partial charge in [0.15, 0.2) is 0 Å². The van der Waals surface area contributed by atoms with Gasteiger partial charge < -0.3 is 5.32 Å². The van der Waals surface area contributed by atoms with Gasteiger partial charge in [0.25, 0.3) is 5.91 Å². The molecule has 0 spiro atoms. The predicted octanol–water partition coefficient (Wildman–Crippen LogP) is 3.34. The van der Waals surface area contributed by atoms with E-state index in [0.717, 1.165) is 5.01 Å². The fourth-order valence-corrected chi connectivity index (χ4v) is 2.38. The quantitative estimate of drug-likeness (QED) is 0.932. The van der Waals surface area contributed by atoms with Crippen molar-refractivity contribution in [3.05, 3.63) is 51.7 Å². The Hall–Kier alpha value is -1.75. The first-order chi connectivity index (χ1) is 9.08. The topological polar surface area (TPSA) is 42.0 Å². The van der Waals surface area contributed by atoms with Gasteiger partial charge in [-0.2, -0.15) is 0 Å². The maximum Gasteiger partial charge on any atom is 0.271 e. The third-order valence-electron chi connectivity index (χ3n) is 2.65. The van der Waals surface area contributed by atoms with Crippen LogP contribution in [0.5, 0.6) is 0 Å². The standard InChI is InChI=1S/C14H15FN2OS/c1-9(2)14-17-12(8-19-14)13(18)16-7-10-5-3-4-6-11(10)15/h3-6,8-9H,7H2,1-2H3,(H,16,18). The van der Waals surface area contributed by atoms with Crippen LogP contribution in [0.25, 0.3) is 0 Å². The van der Waals surface area contributed by atoms with Gasteiger partial charge in [-0.15, -0.1) is 11.3 Å². The number of nitrogens with zero attached hydrogens (tertiary/aromatic N) is 1. The molecule has 1 aromatic carbocycles. The van der Waals surface area contributed by atoms with E-state index in [2.05, 4.69) is 10.3 Å². The molecule has 2 aromatic rings. The van der Waals surface area contributed by atoms with Crippen molar-refractivity contribution in [3.8, 4) is 0 Å². The number of rotatable bonds is 4. The Morgan fingerprint density at radius 1 is 1.42 bits per heavy atom.